The highest BCUT2D eigenvalue weighted by Crippen LogP contribution is 2.32. The van der Waals surface area contributed by atoms with Crippen molar-refractivity contribution in [3.05, 3.63) is 22.8 Å². The molecule has 1 aromatic heterocycles. The summed E-state index contributed by atoms with van der Waals surface area (Å²) in [5.74, 6) is 1.74. The first kappa shape index (κ1) is 11.7. The molecule has 0 aliphatic heterocycles. The van der Waals surface area contributed by atoms with E-state index in [-0.39, 0.29) is 0 Å². The number of nitrogens with zero attached hydrogens (tertiary/aromatic N) is 2. The molecular formula is C12H18ClN3. The van der Waals surface area contributed by atoms with Crippen LogP contribution in [0.25, 0.3) is 0 Å². The fourth-order valence-corrected chi connectivity index (χ4v) is 2.16. The SMILES string of the molecule is CNCc1cnc(N(C)CC2CC2)c(Cl)c1. The van der Waals surface area contributed by atoms with Gasteiger partial charge in [0.25, 0.3) is 0 Å². The quantitative estimate of drug-likeness (QED) is 0.855. The molecule has 1 aliphatic rings. The van der Waals surface area contributed by atoms with Gasteiger partial charge in [0.05, 0.1) is 5.02 Å². The molecule has 0 unspecified atom stereocenters. The van der Waals surface area contributed by atoms with E-state index in [1.807, 2.05) is 19.3 Å². The fraction of sp³-hybridized carbons (Fsp3) is 0.583. The van der Waals surface area contributed by atoms with Crippen molar-refractivity contribution in [3.63, 3.8) is 0 Å². The van der Waals surface area contributed by atoms with E-state index in [9.17, 15) is 0 Å². The van der Waals surface area contributed by atoms with Gasteiger partial charge >= 0.3 is 0 Å². The first-order valence-electron chi connectivity index (χ1n) is 5.71. The molecule has 16 heavy (non-hydrogen) atoms. The molecule has 1 aliphatic carbocycles. The van der Waals surface area contributed by atoms with Gasteiger partial charge in [-0.15, -0.1) is 0 Å². The number of aromatic nitrogens is 1. The number of anilines is 1. The largest absolute Gasteiger partial charge is 0.358 e. The van der Waals surface area contributed by atoms with Crippen LogP contribution in [0, 0.1) is 5.92 Å². The van der Waals surface area contributed by atoms with Gasteiger partial charge in [0.2, 0.25) is 0 Å². The highest BCUT2D eigenvalue weighted by Gasteiger charge is 2.24. The Hall–Kier alpha value is -0.800. The smallest absolute Gasteiger partial charge is 0.147 e. The van der Waals surface area contributed by atoms with Crippen molar-refractivity contribution in [1.29, 1.82) is 0 Å². The molecule has 1 fully saturated rings. The summed E-state index contributed by atoms with van der Waals surface area (Å²) in [6.45, 7) is 1.87. The van der Waals surface area contributed by atoms with Gasteiger partial charge in [0.1, 0.15) is 5.82 Å². The Morgan fingerprint density at radius 3 is 2.88 bits per heavy atom. The van der Waals surface area contributed by atoms with E-state index in [1.54, 1.807) is 0 Å². The summed E-state index contributed by atoms with van der Waals surface area (Å²) in [5.41, 5.74) is 1.12. The summed E-state index contributed by atoms with van der Waals surface area (Å²) < 4.78 is 0. The Morgan fingerprint density at radius 2 is 2.31 bits per heavy atom. The van der Waals surface area contributed by atoms with E-state index in [0.717, 1.165) is 35.4 Å². The summed E-state index contributed by atoms with van der Waals surface area (Å²) in [7, 11) is 3.98. The van der Waals surface area contributed by atoms with Crippen LogP contribution in [0.5, 0.6) is 0 Å². The lowest BCUT2D eigenvalue weighted by Crippen LogP contribution is -2.21. The van der Waals surface area contributed by atoms with Crippen molar-refractivity contribution in [3.8, 4) is 0 Å². The Bertz CT molecular complexity index is 363. The Kier molecular flexibility index (Phi) is 3.66. The van der Waals surface area contributed by atoms with E-state index >= 15 is 0 Å². The summed E-state index contributed by atoms with van der Waals surface area (Å²) in [4.78, 5) is 6.59. The maximum atomic E-state index is 6.23. The monoisotopic (exact) mass is 239 g/mol. The van der Waals surface area contributed by atoms with Gasteiger partial charge < -0.3 is 10.2 Å². The summed E-state index contributed by atoms with van der Waals surface area (Å²) in [5, 5.41) is 3.84. The van der Waals surface area contributed by atoms with E-state index in [2.05, 4.69) is 22.2 Å². The molecule has 0 atom stereocenters. The fourth-order valence-electron chi connectivity index (χ4n) is 1.83. The number of pyridine rings is 1. The molecule has 1 aromatic rings. The Labute approximate surface area is 102 Å². The van der Waals surface area contributed by atoms with Gasteiger partial charge in [-0.05, 0) is 37.4 Å². The van der Waals surface area contributed by atoms with Crippen molar-refractivity contribution in [1.82, 2.24) is 10.3 Å². The molecule has 0 saturated heterocycles. The molecule has 1 N–H and O–H groups in total. The number of hydrogen-bond acceptors (Lipinski definition) is 3. The molecule has 0 spiro atoms. The second kappa shape index (κ2) is 5.02. The van der Waals surface area contributed by atoms with Crippen LogP contribution in [0.2, 0.25) is 5.02 Å². The standard InChI is InChI=1S/C12H18ClN3/c1-14-6-10-5-11(13)12(15-7-10)16(2)8-9-3-4-9/h5,7,9,14H,3-4,6,8H2,1-2H3. The van der Waals surface area contributed by atoms with Crippen LogP contribution in [0.1, 0.15) is 18.4 Å². The molecule has 88 valence electrons. The Balaban J connectivity index is 2.07. The third kappa shape index (κ3) is 2.86. The van der Waals surface area contributed by atoms with Crippen molar-refractivity contribution in [2.24, 2.45) is 5.92 Å². The Morgan fingerprint density at radius 1 is 1.56 bits per heavy atom. The zero-order valence-electron chi connectivity index (χ0n) is 9.83. The first-order valence-corrected chi connectivity index (χ1v) is 6.08. The lowest BCUT2D eigenvalue weighted by molar-refractivity contribution is 0.773. The lowest BCUT2D eigenvalue weighted by Gasteiger charge is -2.19. The second-order valence-electron chi connectivity index (χ2n) is 4.50. The van der Waals surface area contributed by atoms with Crippen molar-refractivity contribution in [2.45, 2.75) is 19.4 Å². The van der Waals surface area contributed by atoms with Crippen LogP contribution in [-0.2, 0) is 6.54 Å². The molecular weight excluding hydrogens is 222 g/mol. The molecule has 1 heterocycles. The van der Waals surface area contributed by atoms with E-state index in [0.29, 0.717) is 0 Å². The molecule has 0 radical (unpaired) electrons. The molecule has 2 rings (SSSR count). The predicted molar refractivity (Wildman–Crippen MR) is 68.0 cm³/mol. The van der Waals surface area contributed by atoms with Crippen LogP contribution in [-0.4, -0.2) is 25.6 Å². The number of rotatable bonds is 5. The van der Waals surface area contributed by atoms with Gasteiger partial charge in [0.15, 0.2) is 0 Å². The molecule has 3 nitrogen and oxygen atoms in total. The summed E-state index contributed by atoms with van der Waals surface area (Å²) in [6.07, 6.45) is 4.58. The van der Waals surface area contributed by atoms with E-state index < -0.39 is 0 Å². The zero-order chi connectivity index (χ0) is 11.5. The highest BCUT2D eigenvalue weighted by molar-refractivity contribution is 6.33. The van der Waals surface area contributed by atoms with Gasteiger partial charge in [0, 0.05) is 26.3 Å². The van der Waals surface area contributed by atoms with Crippen molar-refractivity contribution in [2.75, 3.05) is 25.5 Å². The second-order valence-corrected chi connectivity index (χ2v) is 4.91. The normalized spacial score (nSPS) is 15.2. The first-order chi connectivity index (χ1) is 7.70. The maximum Gasteiger partial charge on any atom is 0.147 e. The highest BCUT2D eigenvalue weighted by atomic mass is 35.5. The van der Waals surface area contributed by atoms with Gasteiger partial charge in [-0.2, -0.15) is 0 Å². The van der Waals surface area contributed by atoms with Gasteiger partial charge in [-0.25, -0.2) is 4.98 Å². The predicted octanol–water partition coefficient (Wildman–Crippen LogP) is 2.30. The van der Waals surface area contributed by atoms with Gasteiger partial charge in [-0.1, -0.05) is 11.6 Å². The molecule has 0 amide bonds. The maximum absolute atomic E-state index is 6.23. The number of hydrogen-bond donors (Lipinski definition) is 1. The average Bonchev–Trinajstić information content (AvgIpc) is 3.02. The number of nitrogens with one attached hydrogen (secondary N) is 1. The minimum absolute atomic E-state index is 0.746. The molecule has 1 saturated carbocycles. The third-order valence-electron chi connectivity index (χ3n) is 2.85. The molecule has 0 bridgehead atoms. The van der Waals surface area contributed by atoms with Crippen LogP contribution in [0.4, 0.5) is 5.82 Å². The minimum atomic E-state index is 0.746. The van der Waals surface area contributed by atoms with Crippen molar-refractivity contribution >= 4 is 17.4 Å². The summed E-state index contributed by atoms with van der Waals surface area (Å²) >= 11 is 6.23. The van der Waals surface area contributed by atoms with Crippen LogP contribution in [0.15, 0.2) is 12.3 Å². The van der Waals surface area contributed by atoms with Crippen LogP contribution in [0.3, 0.4) is 0 Å². The van der Waals surface area contributed by atoms with E-state index in [1.165, 1.54) is 12.8 Å². The zero-order valence-corrected chi connectivity index (χ0v) is 10.6. The van der Waals surface area contributed by atoms with E-state index in [4.69, 9.17) is 11.6 Å². The average molecular weight is 240 g/mol. The third-order valence-corrected chi connectivity index (χ3v) is 3.13. The van der Waals surface area contributed by atoms with Crippen molar-refractivity contribution < 1.29 is 0 Å². The topological polar surface area (TPSA) is 28.2 Å². The lowest BCUT2D eigenvalue weighted by atomic mass is 10.2. The molecule has 0 aromatic carbocycles. The van der Waals surface area contributed by atoms with Crippen LogP contribution < -0.4 is 10.2 Å². The number of halogens is 1. The summed E-state index contributed by atoms with van der Waals surface area (Å²) in [6, 6.07) is 1.99. The molecule has 4 heteroatoms. The van der Waals surface area contributed by atoms with Crippen LogP contribution >= 0.6 is 11.6 Å². The van der Waals surface area contributed by atoms with Gasteiger partial charge in [-0.3, -0.25) is 0 Å². The minimum Gasteiger partial charge on any atom is -0.358 e.